The van der Waals surface area contributed by atoms with E-state index in [2.05, 4.69) is 10.3 Å². The van der Waals surface area contributed by atoms with Crippen LogP contribution in [-0.2, 0) is 16.1 Å². The SMILES string of the molecule is O=C1CC(NCc2nccs2)C(=O)N1c1ccccc1. The zero-order valence-electron chi connectivity index (χ0n) is 10.7. The van der Waals surface area contributed by atoms with E-state index in [-0.39, 0.29) is 18.2 Å². The van der Waals surface area contributed by atoms with Crippen LogP contribution >= 0.6 is 11.3 Å². The Labute approximate surface area is 120 Å². The molecule has 0 spiro atoms. The van der Waals surface area contributed by atoms with Crippen molar-refractivity contribution in [2.45, 2.75) is 19.0 Å². The maximum Gasteiger partial charge on any atom is 0.251 e. The number of hydrogen-bond acceptors (Lipinski definition) is 5. The standard InChI is InChI=1S/C14H13N3O2S/c18-13-8-11(16-9-12-15-6-7-20-12)14(19)17(13)10-4-2-1-3-5-10/h1-7,11,16H,8-9H2. The zero-order valence-corrected chi connectivity index (χ0v) is 11.5. The number of carbonyl (C=O) groups is 2. The van der Waals surface area contributed by atoms with Crippen molar-refractivity contribution >= 4 is 28.8 Å². The number of para-hydroxylation sites is 1. The van der Waals surface area contributed by atoms with Crippen LogP contribution in [0.15, 0.2) is 41.9 Å². The summed E-state index contributed by atoms with van der Waals surface area (Å²) in [7, 11) is 0. The Morgan fingerprint density at radius 3 is 2.80 bits per heavy atom. The van der Waals surface area contributed by atoms with Gasteiger partial charge in [-0.1, -0.05) is 18.2 Å². The molecule has 1 aromatic carbocycles. The van der Waals surface area contributed by atoms with Gasteiger partial charge in [-0.2, -0.15) is 0 Å². The van der Waals surface area contributed by atoms with E-state index in [0.717, 1.165) is 5.01 Å². The minimum absolute atomic E-state index is 0.169. The van der Waals surface area contributed by atoms with E-state index in [9.17, 15) is 9.59 Å². The van der Waals surface area contributed by atoms with E-state index >= 15 is 0 Å². The number of thiazole rings is 1. The molecule has 2 aromatic rings. The smallest absolute Gasteiger partial charge is 0.251 e. The minimum atomic E-state index is -0.466. The first-order chi connectivity index (χ1) is 9.75. The summed E-state index contributed by atoms with van der Waals surface area (Å²) in [4.78, 5) is 29.7. The lowest BCUT2D eigenvalue weighted by Crippen LogP contribution is -2.38. The Balaban J connectivity index is 1.70. The number of nitrogens with one attached hydrogen (secondary N) is 1. The number of amides is 2. The van der Waals surface area contributed by atoms with Gasteiger partial charge in [0.25, 0.3) is 5.91 Å². The van der Waals surface area contributed by atoms with Crippen LogP contribution in [0.3, 0.4) is 0 Å². The molecule has 0 saturated carbocycles. The third-order valence-corrected chi connectivity index (χ3v) is 3.92. The fourth-order valence-corrected chi connectivity index (χ4v) is 2.76. The van der Waals surface area contributed by atoms with Crippen molar-refractivity contribution in [1.29, 1.82) is 0 Å². The van der Waals surface area contributed by atoms with E-state index in [1.165, 1.54) is 16.2 Å². The molecule has 1 aliphatic heterocycles. The van der Waals surface area contributed by atoms with Gasteiger partial charge >= 0.3 is 0 Å². The van der Waals surface area contributed by atoms with Crippen LogP contribution in [0.2, 0.25) is 0 Å². The molecule has 1 aromatic heterocycles. The van der Waals surface area contributed by atoms with Gasteiger partial charge < -0.3 is 0 Å². The molecular formula is C14H13N3O2S. The summed E-state index contributed by atoms with van der Waals surface area (Å²) in [5, 5.41) is 5.89. The number of rotatable bonds is 4. The monoisotopic (exact) mass is 287 g/mol. The number of imide groups is 1. The lowest BCUT2D eigenvalue weighted by atomic mass is 10.2. The fourth-order valence-electron chi connectivity index (χ4n) is 2.19. The molecule has 2 amide bonds. The summed E-state index contributed by atoms with van der Waals surface area (Å²) in [6.07, 6.45) is 1.92. The zero-order chi connectivity index (χ0) is 13.9. The van der Waals surface area contributed by atoms with E-state index in [0.29, 0.717) is 12.2 Å². The molecule has 0 aliphatic carbocycles. The Bertz CT molecular complexity index is 613. The van der Waals surface area contributed by atoms with E-state index in [1.54, 1.807) is 18.3 Å². The molecule has 1 fully saturated rings. The second-order valence-electron chi connectivity index (χ2n) is 4.47. The minimum Gasteiger partial charge on any atom is -0.299 e. The largest absolute Gasteiger partial charge is 0.299 e. The lowest BCUT2D eigenvalue weighted by Gasteiger charge is -2.15. The molecule has 1 saturated heterocycles. The fraction of sp³-hybridized carbons (Fsp3) is 0.214. The van der Waals surface area contributed by atoms with E-state index in [4.69, 9.17) is 0 Å². The summed E-state index contributed by atoms with van der Waals surface area (Å²) in [5.41, 5.74) is 0.626. The van der Waals surface area contributed by atoms with Gasteiger partial charge in [0.1, 0.15) is 5.01 Å². The van der Waals surface area contributed by atoms with Gasteiger partial charge in [0, 0.05) is 18.1 Å². The van der Waals surface area contributed by atoms with Gasteiger partial charge in [-0.05, 0) is 12.1 Å². The Morgan fingerprint density at radius 2 is 2.10 bits per heavy atom. The molecular weight excluding hydrogens is 274 g/mol. The summed E-state index contributed by atoms with van der Waals surface area (Å²) in [6.45, 7) is 0.504. The first-order valence-corrected chi connectivity index (χ1v) is 7.17. The number of hydrogen-bond donors (Lipinski definition) is 1. The van der Waals surface area contributed by atoms with Crippen molar-refractivity contribution in [3.63, 3.8) is 0 Å². The molecule has 20 heavy (non-hydrogen) atoms. The molecule has 5 nitrogen and oxygen atoms in total. The summed E-state index contributed by atoms with van der Waals surface area (Å²) in [5.74, 6) is -0.365. The number of carbonyl (C=O) groups excluding carboxylic acids is 2. The molecule has 1 atom stereocenters. The van der Waals surface area contributed by atoms with Crippen LogP contribution in [-0.4, -0.2) is 22.8 Å². The quantitative estimate of drug-likeness (QED) is 0.867. The normalized spacial score (nSPS) is 18.8. The van der Waals surface area contributed by atoms with E-state index < -0.39 is 6.04 Å². The summed E-state index contributed by atoms with van der Waals surface area (Å²) >= 11 is 1.52. The second-order valence-corrected chi connectivity index (χ2v) is 5.45. The lowest BCUT2D eigenvalue weighted by molar-refractivity contribution is -0.121. The Kier molecular flexibility index (Phi) is 3.58. The van der Waals surface area contributed by atoms with Crippen LogP contribution in [0.4, 0.5) is 5.69 Å². The number of benzene rings is 1. The highest BCUT2D eigenvalue weighted by molar-refractivity contribution is 7.09. The molecule has 2 heterocycles. The van der Waals surface area contributed by atoms with Crippen LogP contribution in [0, 0.1) is 0 Å². The average Bonchev–Trinajstić information content (AvgIpc) is 3.06. The predicted octanol–water partition coefficient (Wildman–Crippen LogP) is 1.56. The van der Waals surface area contributed by atoms with E-state index in [1.807, 2.05) is 23.6 Å². The van der Waals surface area contributed by atoms with Gasteiger partial charge in [-0.25, -0.2) is 9.88 Å². The maximum absolute atomic E-state index is 12.3. The van der Waals surface area contributed by atoms with Crippen molar-refractivity contribution in [2.24, 2.45) is 0 Å². The van der Waals surface area contributed by atoms with Gasteiger partial charge in [-0.3, -0.25) is 14.9 Å². The third-order valence-electron chi connectivity index (χ3n) is 3.14. The highest BCUT2D eigenvalue weighted by atomic mass is 32.1. The molecule has 1 N–H and O–H groups in total. The Hall–Kier alpha value is -2.05. The van der Waals surface area contributed by atoms with Gasteiger partial charge in [0.15, 0.2) is 0 Å². The maximum atomic E-state index is 12.3. The molecule has 1 unspecified atom stereocenters. The number of nitrogens with zero attached hydrogens (tertiary/aromatic N) is 2. The van der Waals surface area contributed by atoms with Crippen molar-refractivity contribution in [2.75, 3.05) is 4.90 Å². The van der Waals surface area contributed by atoms with Crippen LogP contribution in [0.25, 0.3) is 0 Å². The third kappa shape index (κ3) is 2.48. The van der Waals surface area contributed by atoms with Crippen molar-refractivity contribution < 1.29 is 9.59 Å². The molecule has 1 aliphatic rings. The predicted molar refractivity (Wildman–Crippen MR) is 76.3 cm³/mol. The van der Waals surface area contributed by atoms with Crippen LogP contribution < -0.4 is 10.2 Å². The molecule has 0 bridgehead atoms. The van der Waals surface area contributed by atoms with Crippen molar-refractivity contribution in [1.82, 2.24) is 10.3 Å². The first-order valence-electron chi connectivity index (χ1n) is 6.29. The molecule has 0 radical (unpaired) electrons. The topological polar surface area (TPSA) is 62.3 Å². The second kappa shape index (κ2) is 5.52. The van der Waals surface area contributed by atoms with Crippen molar-refractivity contribution in [3.05, 3.63) is 46.9 Å². The van der Waals surface area contributed by atoms with Gasteiger partial charge in [0.05, 0.1) is 18.2 Å². The van der Waals surface area contributed by atoms with Crippen molar-refractivity contribution in [3.8, 4) is 0 Å². The summed E-state index contributed by atoms with van der Waals surface area (Å²) in [6, 6.07) is 8.54. The average molecular weight is 287 g/mol. The van der Waals surface area contributed by atoms with Crippen LogP contribution in [0.5, 0.6) is 0 Å². The number of aromatic nitrogens is 1. The highest BCUT2D eigenvalue weighted by Gasteiger charge is 2.39. The van der Waals surface area contributed by atoms with Gasteiger partial charge in [0.2, 0.25) is 5.91 Å². The summed E-state index contributed by atoms with van der Waals surface area (Å²) < 4.78 is 0. The molecule has 102 valence electrons. The first kappa shape index (κ1) is 13.0. The number of anilines is 1. The molecule has 6 heteroatoms. The Morgan fingerprint density at radius 1 is 1.30 bits per heavy atom. The van der Waals surface area contributed by atoms with Crippen LogP contribution in [0.1, 0.15) is 11.4 Å². The molecule has 3 rings (SSSR count). The van der Waals surface area contributed by atoms with Gasteiger partial charge in [-0.15, -0.1) is 11.3 Å². The highest BCUT2D eigenvalue weighted by Crippen LogP contribution is 2.22.